The van der Waals surface area contributed by atoms with Crippen molar-refractivity contribution in [2.75, 3.05) is 25.0 Å². The molecule has 1 saturated carbocycles. The highest BCUT2D eigenvalue weighted by molar-refractivity contribution is 5.95. The van der Waals surface area contributed by atoms with E-state index in [2.05, 4.69) is 22.3 Å². The summed E-state index contributed by atoms with van der Waals surface area (Å²) in [6.07, 6.45) is 3.07. The average molecular weight is 365 g/mol. The summed E-state index contributed by atoms with van der Waals surface area (Å²) in [7, 11) is 0. The first kappa shape index (κ1) is 18.2. The van der Waals surface area contributed by atoms with E-state index in [-0.39, 0.29) is 17.4 Å². The lowest BCUT2D eigenvalue weighted by Crippen LogP contribution is -2.31. The van der Waals surface area contributed by atoms with Crippen LogP contribution in [-0.4, -0.2) is 41.7 Å². The van der Waals surface area contributed by atoms with Crippen molar-refractivity contribution in [2.24, 2.45) is 5.73 Å². The quantitative estimate of drug-likeness (QED) is 0.735. The van der Waals surface area contributed by atoms with Crippen LogP contribution in [0.4, 0.5) is 5.69 Å². The molecule has 5 heteroatoms. The zero-order valence-corrected chi connectivity index (χ0v) is 15.5. The van der Waals surface area contributed by atoms with Gasteiger partial charge in [0.05, 0.1) is 6.10 Å². The lowest BCUT2D eigenvalue weighted by atomic mass is 9.95. The predicted octanol–water partition coefficient (Wildman–Crippen LogP) is 2.42. The molecular formula is C22H27N3O2. The molecule has 2 aliphatic rings. The van der Waals surface area contributed by atoms with Crippen LogP contribution in [0, 0.1) is 0 Å². The lowest BCUT2D eigenvalue weighted by Gasteiger charge is -2.23. The standard InChI is InChI=1S/C22H27N3O2/c23-20(16-4-2-1-3-5-16)21(27)24-18-8-6-17(7-9-18)22(11-12-22)15-25-13-10-19(26)14-25/h1-9,19-20,26H,10-15,23H2,(H,24,27)/t19-,20?/m1/s1. The van der Waals surface area contributed by atoms with Crippen molar-refractivity contribution in [3.63, 3.8) is 0 Å². The molecule has 4 rings (SSSR count). The fraction of sp³-hybridized carbons (Fsp3) is 0.409. The van der Waals surface area contributed by atoms with Crippen LogP contribution in [0.2, 0.25) is 0 Å². The number of aliphatic hydroxyl groups is 1. The number of carbonyl (C=O) groups excluding carboxylic acids is 1. The van der Waals surface area contributed by atoms with Gasteiger partial charge in [-0.1, -0.05) is 42.5 Å². The SMILES string of the molecule is NC(C(=O)Nc1ccc(C2(CN3CC[C@@H](O)C3)CC2)cc1)c1ccccc1. The third kappa shape index (κ3) is 4.05. The molecular weight excluding hydrogens is 338 g/mol. The van der Waals surface area contributed by atoms with Crippen LogP contribution in [0.5, 0.6) is 0 Å². The Morgan fingerprint density at radius 3 is 2.48 bits per heavy atom. The lowest BCUT2D eigenvalue weighted by molar-refractivity contribution is -0.117. The van der Waals surface area contributed by atoms with Crippen LogP contribution in [0.15, 0.2) is 54.6 Å². The highest BCUT2D eigenvalue weighted by atomic mass is 16.3. The molecule has 0 spiro atoms. The molecule has 1 saturated heterocycles. The summed E-state index contributed by atoms with van der Waals surface area (Å²) in [5.74, 6) is -0.207. The van der Waals surface area contributed by atoms with Crippen LogP contribution < -0.4 is 11.1 Å². The Labute approximate surface area is 160 Å². The summed E-state index contributed by atoms with van der Waals surface area (Å²) in [4.78, 5) is 14.8. The second-order valence-electron chi connectivity index (χ2n) is 7.91. The van der Waals surface area contributed by atoms with Gasteiger partial charge < -0.3 is 16.2 Å². The first-order chi connectivity index (χ1) is 13.1. The number of amides is 1. The largest absolute Gasteiger partial charge is 0.392 e. The maximum absolute atomic E-state index is 12.4. The van der Waals surface area contributed by atoms with Gasteiger partial charge in [0.25, 0.3) is 0 Å². The van der Waals surface area contributed by atoms with Crippen molar-refractivity contribution in [3.8, 4) is 0 Å². The number of aliphatic hydroxyl groups excluding tert-OH is 1. The minimum atomic E-state index is -0.678. The zero-order valence-electron chi connectivity index (χ0n) is 15.5. The fourth-order valence-electron chi connectivity index (χ4n) is 4.01. The first-order valence-corrected chi connectivity index (χ1v) is 9.68. The molecule has 2 aromatic carbocycles. The number of hydrogen-bond acceptors (Lipinski definition) is 4. The van der Waals surface area contributed by atoms with Gasteiger partial charge in [-0.05, 0) is 42.5 Å². The maximum Gasteiger partial charge on any atom is 0.245 e. The molecule has 2 aromatic rings. The second-order valence-corrected chi connectivity index (χ2v) is 7.91. The number of nitrogens with two attached hydrogens (primary N) is 1. The van der Waals surface area contributed by atoms with Crippen molar-refractivity contribution >= 4 is 11.6 Å². The van der Waals surface area contributed by atoms with Crippen LogP contribution in [0.25, 0.3) is 0 Å². The molecule has 2 fully saturated rings. The molecule has 27 heavy (non-hydrogen) atoms. The van der Waals surface area contributed by atoms with E-state index in [0.29, 0.717) is 0 Å². The van der Waals surface area contributed by atoms with Gasteiger partial charge in [-0.25, -0.2) is 0 Å². The van der Waals surface area contributed by atoms with Gasteiger partial charge in [-0.3, -0.25) is 9.69 Å². The van der Waals surface area contributed by atoms with E-state index in [4.69, 9.17) is 5.73 Å². The Hall–Kier alpha value is -2.21. The number of β-amino-alcohol motifs (C(OH)–C–C–N with tert-alkyl or cyclic N) is 1. The van der Waals surface area contributed by atoms with Gasteiger partial charge in [0, 0.05) is 30.7 Å². The van der Waals surface area contributed by atoms with Gasteiger partial charge in [0.15, 0.2) is 0 Å². The molecule has 1 unspecified atom stereocenters. The summed E-state index contributed by atoms with van der Waals surface area (Å²) in [5.41, 5.74) is 9.16. The topological polar surface area (TPSA) is 78.6 Å². The van der Waals surface area contributed by atoms with Crippen LogP contribution in [0.3, 0.4) is 0 Å². The minimum absolute atomic E-state index is 0.174. The predicted molar refractivity (Wildman–Crippen MR) is 106 cm³/mol. The van der Waals surface area contributed by atoms with Gasteiger partial charge in [0.2, 0.25) is 5.91 Å². The molecule has 2 atom stereocenters. The van der Waals surface area contributed by atoms with Crippen LogP contribution in [0.1, 0.15) is 36.4 Å². The number of anilines is 1. The van der Waals surface area contributed by atoms with Crippen LogP contribution >= 0.6 is 0 Å². The molecule has 1 aliphatic carbocycles. The summed E-state index contributed by atoms with van der Waals surface area (Å²) >= 11 is 0. The average Bonchev–Trinajstić information content (AvgIpc) is 3.36. The van der Waals surface area contributed by atoms with Crippen molar-refractivity contribution in [1.29, 1.82) is 0 Å². The molecule has 142 valence electrons. The number of nitrogens with one attached hydrogen (secondary N) is 1. The molecule has 1 heterocycles. The van der Waals surface area contributed by atoms with E-state index >= 15 is 0 Å². The Balaban J connectivity index is 1.38. The summed E-state index contributed by atoms with van der Waals surface area (Å²) < 4.78 is 0. The Kier molecular flexibility index (Phi) is 5.00. The number of nitrogens with zero attached hydrogens (tertiary/aromatic N) is 1. The normalized spacial score (nSPS) is 22.4. The number of hydrogen-bond donors (Lipinski definition) is 3. The van der Waals surface area contributed by atoms with E-state index in [0.717, 1.165) is 37.3 Å². The Morgan fingerprint density at radius 2 is 1.89 bits per heavy atom. The smallest absolute Gasteiger partial charge is 0.245 e. The van der Waals surface area contributed by atoms with Crippen molar-refractivity contribution in [3.05, 3.63) is 65.7 Å². The van der Waals surface area contributed by atoms with Gasteiger partial charge in [0.1, 0.15) is 6.04 Å². The zero-order chi connectivity index (χ0) is 18.9. The molecule has 1 amide bonds. The molecule has 4 N–H and O–H groups in total. The third-order valence-corrected chi connectivity index (χ3v) is 5.83. The molecule has 0 bridgehead atoms. The Bertz CT molecular complexity index is 787. The highest BCUT2D eigenvalue weighted by Crippen LogP contribution is 2.49. The number of likely N-dealkylation sites (tertiary alicyclic amines) is 1. The van der Waals surface area contributed by atoms with Crippen LogP contribution in [-0.2, 0) is 10.2 Å². The molecule has 0 aromatic heterocycles. The summed E-state index contributed by atoms with van der Waals surface area (Å²) in [6.45, 7) is 2.77. The second kappa shape index (κ2) is 7.43. The van der Waals surface area contributed by atoms with Gasteiger partial charge >= 0.3 is 0 Å². The summed E-state index contributed by atoms with van der Waals surface area (Å²) in [6, 6.07) is 16.9. The monoisotopic (exact) mass is 365 g/mol. The molecule has 1 aliphatic heterocycles. The highest BCUT2D eigenvalue weighted by Gasteiger charge is 2.46. The first-order valence-electron chi connectivity index (χ1n) is 9.68. The van der Waals surface area contributed by atoms with E-state index in [1.54, 1.807) is 0 Å². The fourth-order valence-corrected chi connectivity index (χ4v) is 4.01. The van der Waals surface area contributed by atoms with E-state index in [1.807, 2.05) is 42.5 Å². The van der Waals surface area contributed by atoms with E-state index in [9.17, 15) is 9.90 Å². The van der Waals surface area contributed by atoms with E-state index < -0.39 is 6.04 Å². The molecule has 5 nitrogen and oxygen atoms in total. The van der Waals surface area contributed by atoms with Gasteiger partial charge in [-0.15, -0.1) is 0 Å². The molecule has 0 radical (unpaired) electrons. The van der Waals surface area contributed by atoms with Gasteiger partial charge in [-0.2, -0.15) is 0 Å². The summed E-state index contributed by atoms with van der Waals surface area (Å²) in [5, 5.41) is 12.7. The van der Waals surface area contributed by atoms with E-state index in [1.165, 1.54) is 18.4 Å². The Morgan fingerprint density at radius 1 is 1.19 bits per heavy atom. The minimum Gasteiger partial charge on any atom is -0.392 e. The van der Waals surface area contributed by atoms with Crippen molar-refractivity contribution in [1.82, 2.24) is 4.90 Å². The van der Waals surface area contributed by atoms with Crippen molar-refractivity contribution < 1.29 is 9.90 Å². The maximum atomic E-state index is 12.4. The number of carbonyl (C=O) groups is 1. The third-order valence-electron chi connectivity index (χ3n) is 5.83. The number of rotatable bonds is 6. The number of benzene rings is 2. The van der Waals surface area contributed by atoms with Crippen molar-refractivity contribution in [2.45, 2.75) is 36.8 Å².